The summed E-state index contributed by atoms with van der Waals surface area (Å²) < 4.78 is 32.9. The third-order valence-corrected chi connectivity index (χ3v) is 5.13. The minimum absolute atomic E-state index is 0.168. The summed E-state index contributed by atoms with van der Waals surface area (Å²) in [5, 5.41) is 2.78. The van der Waals surface area contributed by atoms with Gasteiger partial charge in [0.05, 0.1) is 21.7 Å². The quantitative estimate of drug-likeness (QED) is 0.895. The van der Waals surface area contributed by atoms with Crippen molar-refractivity contribution in [3.05, 3.63) is 48.5 Å². The Hall–Kier alpha value is -2.54. The van der Waals surface area contributed by atoms with Gasteiger partial charge in [-0.2, -0.15) is 0 Å². The lowest BCUT2D eigenvalue weighted by Crippen LogP contribution is -2.33. The number of ether oxygens (including phenoxy) is 1. The van der Waals surface area contributed by atoms with Crippen LogP contribution in [0.25, 0.3) is 0 Å². The summed E-state index contributed by atoms with van der Waals surface area (Å²) in [4.78, 5) is 12.4. The van der Waals surface area contributed by atoms with Crippen LogP contribution in [0.15, 0.2) is 53.4 Å². The number of anilines is 2. The molecule has 7 heteroatoms. The molecule has 0 radical (unpaired) electrons. The molecule has 0 spiro atoms. The highest BCUT2D eigenvalue weighted by atomic mass is 32.2. The molecule has 0 saturated heterocycles. The molecule has 0 bridgehead atoms. The minimum Gasteiger partial charge on any atom is -0.490 e. The van der Waals surface area contributed by atoms with E-state index < -0.39 is 15.4 Å². The molecule has 0 saturated carbocycles. The lowest BCUT2D eigenvalue weighted by Gasteiger charge is -2.18. The van der Waals surface area contributed by atoms with Gasteiger partial charge in [0.1, 0.15) is 12.4 Å². The van der Waals surface area contributed by atoms with Gasteiger partial charge in [0, 0.05) is 0 Å². The van der Waals surface area contributed by atoms with Crippen LogP contribution in [-0.2, 0) is 14.8 Å². The number of sulfonamides is 1. The number of benzene rings is 2. The number of amides is 1. The van der Waals surface area contributed by atoms with Crippen molar-refractivity contribution < 1.29 is 17.9 Å². The van der Waals surface area contributed by atoms with Crippen molar-refractivity contribution in [1.82, 2.24) is 0 Å². The Bertz CT molecular complexity index is 877. The van der Waals surface area contributed by atoms with Gasteiger partial charge in [-0.05, 0) is 44.2 Å². The summed E-state index contributed by atoms with van der Waals surface area (Å²) in [5.74, 6) is 0.334. The van der Waals surface area contributed by atoms with E-state index in [0.29, 0.717) is 17.1 Å². The summed E-state index contributed by atoms with van der Waals surface area (Å²) in [7, 11) is -3.69. The largest absolute Gasteiger partial charge is 0.490 e. The first-order valence-corrected chi connectivity index (χ1v) is 8.92. The van der Waals surface area contributed by atoms with E-state index in [-0.39, 0.29) is 17.4 Å². The van der Waals surface area contributed by atoms with Crippen molar-refractivity contribution in [2.75, 3.05) is 16.6 Å². The molecule has 0 unspecified atom stereocenters. The fraction of sp³-hybridized carbons (Fsp3) is 0.235. The molecule has 1 aliphatic rings. The molecule has 0 fully saturated rings. The average Bonchev–Trinajstić information content (AvgIpc) is 2.65. The monoisotopic (exact) mass is 346 g/mol. The summed E-state index contributed by atoms with van der Waals surface area (Å²) in [6, 6.07) is 12.9. The molecule has 0 atom stereocenters. The molecule has 126 valence electrons. The number of hydrogen-bond donors (Lipinski definition) is 2. The van der Waals surface area contributed by atoms with Gasteiger partial charge in [0.2, 0.25) is 5.91 Å². The van der Waals surface area contributed by atoms with Gasteiger partial charge in [-0.15, -0.1) is 0 Å². The Morgan fingerprint density at radius 3 is 2.54 bits per heavy atom. The normalized spacial score (nSPS) is 16.3. The molecule has 24 heavy (non-hydrogen) atoms. The third-order valence-electron chi connectivity index (χ3n) is 3.74. The summed E-state index contributed by atoms with van der Waals surface area (Å²) in [6.07, 6.45) is 0. The van der Waals surface area contributed by atoms with E-state index in [1.54, 1.807) is 50.2 Å². The molecule has 1 heterocycles. The van der Waals surface area contributed by atoms with Crippen LogP contribution in [0.1, 0.15) is 13.8 Å². The number of hydrogen-bond acceptors (Lipinski definition) is 4. The lowest BCUT2D eigenvalue weighted by molar-refractivity contribution is -0.124. The number of rotatable bonds is 3. The summed E-state index contributed by atoms with van der Waals surface area (Å²) in [6.45, 7) is 3.82. The van der Waals surface area contributed by atoms with Crippen LogP contribution < -0.4 is 14.8 Å². The Morgan fingerprint density at radius 1 is 1.12 bits per heavy atom. The van der Waals surface area contributed by atoms with E-state index in [0.717, 1.165) is 0 Å². The first-order chi connectivity index (χ1) is 11.3. The van der Waals surface area contributed by atoms with Gasteiger partial charge < -0.3 is 10.1 Å². The van der Waals surface area contributed by atoms with E-state index in [2.05, 4.69) is 10.0 Å². The van der Waals surface area contributed by atoms with Crippen LogP contribution in [0.2, 0.25) is 0 Å². The van der Waals surface area contributed by atoms with Gasteiger partial charge >= 0.3 is 0 Å². The first kappa shape index (κ1) is 16.3. The first-order valence-electron chi connectivity index (χ1n) is 7.44. The highest BCUT2D eigenvalue weighted by Gasteiger charge is 2.32. The van der Waals surface area contributed by atoms with E-state index in [1.807, 2.05) is 0 Å². The van der Waals surface area contributed by atoms with Crippen molar-refractivity contribution >= 4 is 27.3 Å². The van der Waals surface area contributed by atoms with Gasteiger partial charge in [0.15, 0.2) is 0 Å². The van der Waals surface area contributed by atoms with Crippen molar-refractivity contribution in [3.63, 3.8) is 0 Å². The molecule has 2 aromatic carbocycles. The van der Waals surface area contributed by atoms with Crippen molar-refractivity contribution in [2.24, 2.45) is 5.41 Å². The maximum Gasteiger partial charge on any atom is 0.261 e. The van der Waals surface area contributed by atoms with Gasteiger partial charge in [-0.25, -0.2) is 8.42 Å². The van der Waals surface area contributed by atoms with E-state index in [4.69, 9.17) is 4.74 Å². The predicted octanol–water partition coefficient (Wildman–Crippen LogP) is 2.84. The fourth-order valence-corrected chi connectivity index (χ4v) is 3.32. The van der Waals surface area contributed by atoms with E-state index >= 15 is 0 Å². The Morgan fingerprint density at radius 2 is 1.83 bits per heavy atom. The van der Waals surface area contributed by atoms with Crippen molar-refractivity contribution in [2.45, 2.75) is 18.7 Å². The molecule has 0 aliphatic carbocycles. The van der Waals surface area contributed by atoms with Crippen LogP contribution in [0.4, 0.5) is 11.4 Å². The van der Waals surface area contributed by atoms with Crippen molar-refractivity contribution in [1.29, 1.82) is 0 Å². The van der Waals surface area contributed by atoms with E-state index in [1.165, 1.54) is 12.1 Å². The SMILES string of the molecule is CC1(C)COc2ccc(NS(=O)(=O)c3ccccc3)cc2NC1=O. The molecular formula is C17H18N2O4S. The number of fused-ring (bicyclic) bond motifs is 1. The minimum atomic E-state index is -3.69. The second-order valence-electron chi connectivity index (χ2n) is 6.26. The smallest absolute Gasteiger partial charge is 0.261 e. The molecule has 2 aromatic rings. The molecule has 3 rings (SSSR count). The third kappa shape index (κ3) is 3.21. The van der Waals surface area contributed by atoms with Gasteiger partial charge in [-0.1, -0.05) is 18.2 Å². The van der Waals surface area contributed by atoms with Crippen molar-refractivity contribution in [3.8, 4) is 5.75 Å². The summed E-state index contributed by atoms with van der Waals surface area (Å²) >= 11 is 0. The highest BCUT2D eigenvalue weighted by molar-refractivity contribution is 7.92. The Balaban J connectivity index is 1.89. The topological polar surface area (TPSA) is 84.5 Å². The zero-order chi connectivity index (χ0) is 17.4. The standard InChI is InChI=1S/C17H18N2O4S/c1-17(2)11-23-15-9-8-12(10-14(15)18-16(17)20)19-24(21,22)13-6-4-3-5-7-13/h3-10,19H,11H2,1-2H3,(H,18,20). The zero-order valence-electron chi connectivity index (χ0n) is 13.4. The molecule has 6 nitrogen and oxygen atoms in total. The number of carbonyl (C=O) groups excluding carboxylic acids is 1. The number of nitrogens with one attached hydrogen (secondary N) is 2. The second-order valence-corrected chi connectivity index (χ2v) is 7.94. The highest BCUT2D eigenvalue weighted by Crippen LogP contribution is 2.34. The van der Waals surface area contributed by atoms with Gasteiger partial charge in [-0.3, -0.25) is 9.52 Å². The van der Waals surface area contributed by atoms with Crippen LogP contribution in [-0.4, -0.2) is 20.9 Å². The lowest BCUT2D eigenvalue weighted by atomic mass is 9.94. The summed E-state index contributed by atoms with van der Waals surface area (Å²) in [5.41, 5.74) is 0.128. The molecular weight excluding hydrogens is 328 g/mol. The van der Waals surface area contributed by atoms with Crippen LogP contribution in [0.5, 0.6) is 5.75 Å². The molecule has 1 aliphatic heterocycles. The average molecular weight is 346 g/mol. The molecule has 1 amide bonds. The van der Waals surface area contributed by atoms with Crippen LogP contribution in [0.3, 0.4) is 0 Å². The molecule has 2 N–H and O–H groups in total. The predicted molar refractivity (Wildman–Crippen MR) is 91.6 cm³/mol. The van der Waals surface area contributed by atoms with Gasteiger partial charge in [0.25, 0.3) is 10.0 Å². The van der Waals surface area contributed by atoms with Crippen LogP contribution >= 0.6 is 0 Å². The van der Waals surface area contributed by atoms with E-state index in [9.17, 15) is 13.2 Å². The maximum atomic E-state index is 12.4. The zero-order valence-corrected chi connectivity index (χ0v) is 14.2. The molecule has 0 aromatic heterocycles. The Labute approximate surface area is 140 Å². The van der Waals surface area contributed by atoms with Crippen LogP contribution in [0, 0.1) is 5.41 Å². The number of carbonyl (C=O) groups is 1. The Kier molecular flexibility index (Phi) is 3.96. The fourth-order valence-electron chi connectivity index (χ4n) is 2.25. The maximum absolute atomic E-state index is 12.4. The second kappa shape index (κ2) is 5.83.